The fourth-order valence-corrected chi connectivity index (χ4v) is 3.67. The normalized spacial score (nSPS) is 10.9. The number of anilines is 1. The molecule has 168 valence electrons. The van der Waals surface area contributed by atoms with E-state index in [0.29, 0.717) is 17.2 Å². The first-order valence-electron chi connectivity index (χ1n) is 10.6. The summed E-state index contributed by atoms with van der Waals surface area (Å²) in [5, 5.41) is 15.2. The van der Waals surface area contributed by atoms with E-state index in [4.69, 9.17) is 17.0 Å². The first-order valence-corrected chi connectivity index (χ1v) is 11.0. The molecule has 1 amide bonds. The van der Waals surface area contributed by atoms with Crippen LogP contribution in [0.5, 0.6) is 5.75 Å². The smallest absolute Gasteiger partial charge is 0.261 e. The number of benzene rings is 3. The molecule has 2 N–H and O–H groups in total. The Balaban J connectivity index is 1.53. The number of carbonyl (C=O) groups is 1. The van der Waals surface area contributed by atoms with Gasteiger partial charge in [-0.05, 0) is 72.6 Å². The van der Waals surface area contributed by atoms with Crippen LogP contribution in [0.4, 0.5) is 5.69 Å². The number of amides is 1. The van der Waals surface area contributed by atoms with Crippen molar-refractivity contribution in [1.29, 1.82) is 0 Å². The van der Waals surface area contributed by atoms with E-state index >= 15 is 0 Å². The fraction of sp³-hybridized carbons (Fsp3) is 0.200. The summed E-state index contributed by atoms with van der Waals surface area (Å²) in [5.41, 5.74) is 5.73. The fourth-order valence-electron chi connectivity index (χ4n) is 3.47. The van der Waals surface area contributed by atoms with Gasteiger partial charge in [-0.25, -0.2) is 0 Å². The van der Waals surface area contributed by atoms with E-state index in [1.54, 1.807) is 29.1 Å². The maximum absolute atomic E-state index is 12.6. The Labute approximate surface area is 197 Å². The molecule has 4 aromatic rings. The molecular formula is C25H25N5O2S. The first-order chi connectivity index (χ1) is 15.9. The minimum atomic E-state index is -0.348. The summed E-state index contributed by atoms with van der Waals surface area (Å²) < 4.78 is 5.25. The van der Waals surface area contributed by atoms with Crippen molar-refractivity contribution in [2.75, 3.05) is 12.4 Å². The third-order valence-electron chi connectivity index (χ3n) is 5.34. The predicted octanol–water partition coefficient (Wildman–Crippen LogP) is 4.99. The number of thiocarbonyl (C=S) groups is 1. The highest BCUT2D eigenvalue weighted by atomic mass is 32.1. The molecule has 1 heterocycles. The Hall–Kier alpha value is -3.78. The lowest BCUT2D eigenvalue weighted by molar-refractivity contribution is 0.0975. The van der Waals surface area contributed by atoms with Crippen LogP contribution in [0.1, 0.15) is 41.3 Å². The van der Waals surface area contributed by atoms with Gasteiger partial charge in [-0.2, -0.15) is 4.80 Å². The minimum absolute atomic E-state index is 0.185. The molecule has 0 fully saturated rings. The third-order valence-corrected chi connectivity index (χ3v) is 5.55. The monoisotopic (exact) mass is 459 g/mol. The van der Waals surface area contributed by atoms with Gasteiger partial charge in [0.05, 0.1) is 18.4 Å². The van der Waals surface area contributed by atoms with Crippen LogP contribution in [-0.2, 0) is 0 Å². The summed E-state index contributed by atoms with van der Waals surface area (Å²) in [6, 6.07) is 19.0. The zero-order valence-corrected chi connectivity index (χ0v) is 19.7. The number of aryl methyl sites for hydroxylation is 1. The van der Waals surface area contributed by atoms with Crippen molar-refractivity contribution in [3.63, 3.8) is 0 Å². The third kappa shape index (κ3) is 4.85. The molecular weight excluding hydrogens is 434 g/mol. The van der Waals surface area contributed by atoms with E-state index in [9.17, 15) is 4.79 Å². The van der Waals surface area contributed by atoms with Crippen LogP contribution >= 0.6 is 12.2 Å². The average Bonchev–Trinajstić information content (AvgIpc) is 3.21. The number of hydrogen-bond acceptors (Lipinski definition) is 5. The lowest BCUT2D eigenvalue weighted by Gasteiger charge is -2.13. The number of nitrogens with one attached hydrogen (secondary N) is 2. The van der Waals surface area contributed by atoms with Crippen LogP contribution in [0.25, 0.3) is 16.7 Å². The minimum Gasteiger partial charge on any atom is -0.496 e. The molecule has 0 bridgehead atoms. The topological polar surface area (TPSA) is 81.1 Å². The van der Waals surface area contributed by atoms with Crippen molar-refractivity contribution in [2.24, 2.45) is 0 Å². The van der Waals surface area contributed by atoms with Gasteiger partial charge in [-0.1, -0.05) is 38.1 Å². The molecule has 0 unspecified atom stereocenters. The van der Waals surface area contributed by atoms with Crippen molar-refractivity contribution in [3.05, 3.63) is 77.4 Å². The van der Waals surface area contributed by atoms with E-state index in [1.165, 1.54) is 12.7 Å². The SMILES string of the molecule is COc1ccccc1C(=O)NC(=S)Nc1cc2nn(-c3ccc(C(C)C)cc3)nc2cc1C. The number of methoxy groups -OCH3 is 1. The average molecular weight is 460 g/mol. The molecule has 3 aromatic carbocycles. The van der Waals surface area contributed by atoms with Crippen molar-refractivity contribution in [1.82, 2.24) is 20.3 Å². The van der Waals surface area contributed by atoms with Gasteiger partial charge >= 0.3 is 0 Å². The molecule has 0 aliphatic heterocycles. The molecule has 0 saturated heterocycles. The molecule has 4 rings (SSSR count). The van der Waals surface area contributed by atoms with Crippen molar-refractivity contribution < 1.29 is 9.53 Å². The number of rotatable bonds is 5. The molecule has 0 aliphatic rings. The molecule has 0 saturated carbocycles. The van der Waals surface area contributed by atoms with Gasteiger partial charge in [-0.15, -0.1) is 10.2 Å². The number of ether oxygens (including phenoxy) is 1. The first kappa shape index (κ1) is 22.4. The van der Waals surface area contributed by atoms with Crippen molar-refractivity contribution >= 4 is 40.0 Å². The summed E-state index contributed by atoms with van der Waals surface area (Å²) in [5.74, 6) is 0.597. The molecule has 0 radical (unpaired) electrons. The van der Waals surface area contributed by atoms with E-state index < -0.39 is 0 Å². The van der Waals surface area contributed by atoms with E-state index in [2.05, 4.69) is 46.8 Å². The highest BCUT2D eigenvalue weighted by Gasteiger charge is 2.14. The molecule has 0 spiro atoms. The van der Waals surface area contributed by atoms with Crippen LogP contribution < -0.4 is 15.4 Å². The summed E-state index contributed by atoms with van der Waals surface area (Å²) >= 11 is 5.36. The maximum Gasteiger partial charge on any atom is 0.261 e. The van der Waals surface area contributed by atoms with Crippen LogP contribution in [0, 0.1) is 6.92 Å². The summed E-state index contributed by atoms with van der Waals surface area (Å²) in [6.45, 7) is 6.27. The van der Waals surface area contributed by atoms with Crippen LogP contribution in [0.2, 0.25) is 0 Å². The standard InChI is InChI=1S/C25H25N5O2S/c1-15(2)17-9-11-18(12-10-17)30-28-21-13-16(3)20(14-22(21)29-30)26-25(33)27-24(31)19-7-5-6-8-23(19)32-4/h5-15H,1-4H3,(H2,26,27,31,33). The molecule has 33 heavy (non-hydrogen) atoms. The largest absolute Gasteiger partial charge is 0.496 e. The van der Waals surface area contributed by atoms with Crippen molar-refractivity contribution in [2.45, 2.75) is 26.7 Å². The van der Waals surface area contributed by atoms with Gasteiger partial charge in [0.2, 0.25) is 0 Å². The van der Waals surface area contributed by atoms with Crippen LogP contribution in [0.3, 0.4) is 0 Å². The number of nitrogens with zero attached hydrogens (tertiary/aromatic N) is 3. The van der Waals surface area contributed by atoms with Gasteiger partial charge in [-0.3, -0.25) is 10.1 Å². The number of fused-ring (bicyclic) bond motifs is 1. The Morgan fingerprint density at radius 1 is 1.03 bits per heavy atom. The van der Waals surface area contributed by atoms with Gasteiger partial charge < -0.3 is 10.1 Å². The number of para-hydroxylation sites is 1. The number of carbonyl (C=O) groups excluding carboxylic acids is 1. The Morgan fingerprint density at radius 3 is 2.36 bits per heavy atom. The molecule has 7 nitrogen and oxygen atoms in total. The van der Waals surface area contributed by atoms with Gasteiger partial charge in [0.25, 0.3) is 5.91 Å². The second-order valence-electron chi connectivity index (χ2n) is 8.00. The van der Waals surface area contributed by atoms with Gasteiger partial charge in [0, 0.05) is 5.69 Å². The Bertz CT molecular complexity index is 1330. The Morgan fingerprint density at radius 2 is 1.70 bits per heavy atom. The van der Waals surface area contributed by atoms with Gasteiger partial charge in [0.1, 0.15) is 16.8 Å². The molecule has 8 heteroatoms. The molecule has 0 aliphatic carbocycles. The van der Waals surface area contributed by atoms with Crippen LogP contribution in [-0.4, -0.2) is 33.1 Å². The molecule has 1 aromatic heterocycles. The Kier molecular flexibility index (Phi) is 6.37. The van der Waals surface area contributed by atoms with Crippen LogP contribution in [0.15, 0.2) is 60.7 Å². The maximum atomic E-state index is 12.6. The van der Waals surface area contributed by atoms with Gasteiger partial charge in [0.15, 0.2) is 5.11 Å². The lowest BCUT2D eigenvalue weighted by atomic mass is 10.0. The predicted molar refractivity (Wildman–Crippen MR) is 134 cm³/mol. The highest BCUT2D eigenvalue weighted by Crippen LogP contribution is 2.23. The summed E-state index contributed by atoms with van der Waals surface area (Å²) in [4.78, 5) is 14.2. The number of aromatic nitrogens is 3. The zero-order valence-electron chi connectivity index (χ0n) is 18.9. The van der Waals surface area contributed by atoms with E-state index in [1.807, 2.05) is 31.2 Å². The highest BCUT2D eigenvalue weighted by molar-refractivity contribution is 7.80. The van der Waals surface area contributed by atoms with Crippen molar-refractivity contribution in [3.8, 4) is 11.4 Å². The molecule has 0 atom stereocenters. The zero-order chi connectivity index (χ0) is 23.5. The second-order valence-corrected chi connectivity index (χ2v) is 8.41. The number of hydrogen-bond donors (Lipinski definition) is 2. The second kappa shape index (κ2) is 9.38. The summed E-state index contributed by atoms with van der Waals surface area (Å²) in [7, 11) is 1.52. The summed E-state index contributed by atoms with van der Waals surface area (Å²) in [6.07, 6.45) is 0. The lowest BCUT2D eigenvalue weighted by Crippen LogP contribution is -2.34. The quantitative estimate of drug-likeness (QED) is 0.409. The van der Waals surface area contributed by atoms with E-state index in [0.717, 1.165) is 28.0 Å². The van der Waals surface area contributed by atoms with E-state index in [-0.39, 0.29) is 11.0 Å².